The third-order valence-corrected chi connectivity index (χ3v) is 4.41. The summed E-state index contributed by atoms with van der Waals surface area (Å²) in [5.74, 6) is 0. The Morgan fingerprint density at radius 3 is 2.88 bits per heavy atom. The summed E-state index contributed by atoms with van der Waals surface area (Å²) in [5.41, 5.74) is 2.45. The van der Waals surface area contributed by atoms with Crippen LogP contribution in [0.4, 0.5) is 0 Å². The minimum atomic E-state index is 0.593. The molecule has 1 aliphatic rings. The number of hydrogen-bond donors (Lipinski definition) is 1. The Kier molecular flexibility index (Phi) is 4.22. The average Bonchev–Trinajstić information content (AvgIpc) is 2.59. The monoisotopic (exact) mass is 300 g/mol. The molecule has 17 heavy (non-hydrogen) atoms. The molecular formula is C12H21BrN4. The van der Waals surface area contributed by atoms with E-state index in [-0.39, 0.29) is 0 Å². The van der Waals surface area contributed by atoms with Crippen molar-refractivity contribution in [3.8, 4) is 0 Å². The summed E-state index contributed by atoms with van der Waals surface area (Å²) in [7, 11) is 2.03. The fourth-order valence-corrected chi connectivity index (χ4v) is 3.04. The lowest BCUT2D eigenvalue weighted by Gasteiger charge is -2.33. The molecule has 0 unspecified atom stereocenters. The number of rotatable bonds is 3. The smallest absolute Gasteiger partial charge is 0.0767 e. The number of nitrogens with zero attached hydrogens (tertiary/aromatic N) is 3. The summed E-state index contributed by atoms with van der Waals surface area (Å²) in [6.07, 6.45) is 0.978. The molecular weight excluding hydrogens is 280 g/mol. The Morgan fingerprint density at radius 1 is 1.53 bits per heavy atom. The second-order valence-electron chi connectivity index (χ2n) is 4.71. The third-order valence-electron chi connectivity index (χ3n) is 3.49. The summed E-state index contributed by atoms with van der Waals surface area (Å²) < 4.78 is 3.20. The molecule has 4 nitrogen and oxygen atoms in total. The highest BCUT2D eigenvalue weighted by Gasteiger charge is 2.21. The van der Waals surface area contributed by atoms with Crippen LogP contribution < -0.4 is 5.32 Å². The number of hydrogen-bond acceptors (Lipinski definition) is 3. The lowest BCUT2D eigenvalue weighted by molar-refractivity contribution is 0.161. The molecule has 2 heterocycles. The molecule has 1 aliphatic heterocycles. The van der Waals surface area contributed by atoms with Crippen molar-refractivity contribution in [1.29, 1.82) is 0 Å². The molecule has 0 saturated carbocycles. The number of aromatic nitrogens is 2. The van der Waals surface area contributed by atoms with E-state index in [1.54, 1.807) is 0 Å². The number of halogens is 1. The van der Waals surface area contributed by atoms with Gasteiger partial charge in [0.2, 0.25) is 0 Å². The molecule has 1 saturated heterocycles. The molecule has 0 bridgehead atoms. The molecule has 0 aliphatic carbocycles. The van der Waals surface area contributed by atoms with Crippen molar-refractivity contribution < 1.29 is 0 Å². The highest BCUT2D eigenvalue weighted by molar-refractivity contribution is 9.10. The molecule has 1 aromatic heterocycles. The fraction of sp³-hybridized carbons (Fsp3) is 0.750. The number of nitrogens with one attached hydrogen (secondary N) is 1. The Balaban J connectivity index is 2.14. The quantitative estimate of drug-likeness (QED) is 0.919. The average molecular weight is 301 g/mol. The van der Waals surface area contributed by atoms with E-state index >= 15 is 0 Å². The van der Waals surface area contributed by atoms with Crippen LogP contribution in [-0.2, 0) is 20.0 Å². The maximum atomic E-state index is 4.55. The lowest BCUT2D eigenvalue weighted by Crippen LogP contribution is -2.49. The second-order valence-corrected chi connectivity index (χ2v) is 5.50. The SMILES string of the molecule is CCc1nn(C)c(CN2CCNC[C@H]2C)c1Br. The van der Waals surface area contributed by atoms with Crippen molar-refractivity contribution in [2.45, 2.75) is 32.9 Å². The minimum Gasteiger partial charge on any atom is -0.314 e. The van der Waals surface area contributed by atoms with Crippen molar-refractivity contribution >= 4 is 15.9 Å². The van der Waals surface area contributed by atoms with Crippen molar-refractivity contribution in [2.75, 3.05) is 19.6 Å². The molecule has 1 N–H and O–H groups in total. The highest BCUT2D eigenvalue weighted by Crippen LogP contribution is 2.23. The van der Waals surface area contributed by atoms with E-state index in [1.807, 2.05) is 11.7 Å². The van der Waals surface area contributed by atoms with E-state index in [9.17, 15) is 0 Å². The maximum Gasteiger partial charge on any atom is 0.0767 e. The zero-order chi connectivity index (χ0) is 12.4. The highest BCUT2D eigenvalue weighted by atomic mass is 79.9. The summed E-state index contributed by atoms with van der Waals surface area (Å²) in [4.78, 5) is 2.51. The van der Waals surface area contributed by atoms with Gasteiger partial charge in [0.1, 0.15) is 0 Å². The van der Waals surface area contributed by atoms with E-state index < -0.39 is 0 Å². The molecule has 0 amide bonds. The zero-order valence-corrected chi connectivity index (χ0v) is 12.4. The zero-order valence-electron chi connectivity index (χ0n) is 10.8. The van der Waals surface area contributed by atoms with Gasteiger partial charge in [-0.2, -0.15) is 5.10 Å². The van der Waals surface area contributed by atoms with Gasteiger partial charge in [0.25, 0.3) is 0 Å². The van der Waals surface area contributed by atoms with Crippen LogP contribution >= 0.6 is 15.9 Å². The van der Waals surface area contributed by atoms with Gasteiger partial charge in [-0.3, -0.25) is 9.58 Å². The summed E-state index contributed by atoms with van der Waals surface area (Å²) in [5, 5.41) is 7.97. The van der Waals surface area contributed by atoms with Gasteiger partial charge in [-0.25, -0.2) is 0 Å². The van der Waals surface area contributed by atoms with Crippen molar-refractivity contribution in [3.05, 3.63) is 15.9 Å². The first-order valence-corrected chi connectivity index (χ1v) is 7.07. The van der Waals surface area contributed by atoms with Gasteiger partial charge in [0.05, 0.1) is 15.9 Å². The van der Waals surface area contributed by atoms with Crippen LogP contribution in [0.25, 0.3) is 0 Å². The van der Waals surface area contributed by atoms with E-state index in [0.717, 1.165) is 38.3 Å². The van der Waals surface area contributed by atoms with Crippen LogP contribution in [0, 0.1) is 0 Å². The first-order chi connectivity index (χ1) is 8.13. The van der Waals surface area contributed by atoms with Gasteiger partial charge in [-0.05, 0) is 29.3 Å². The normalized spacial score (nSPS) is 22.0. The van der Waals surface area contributed by atoms with Gasteiger partial charge in [0.15, 0.2) is 0 Å². The summed E-state index contributed by atoms with van der Waals surface area (Å²) in [6, 6.07) is 0.593. The van der Waals surface area contributed by atoms with Crippen LogP contribution in [0.1, 0.15) is 25.2 Å². The largest absolute Gasteiger partial charge is 0.314 e. The second kappa shape index (κ2) is 5.50. The van der Waals surface area contributed by atoms with Crippen LogP contribution in [0.3, 0.4) is 0 Å². The Morgan fingerprint density at radius 2 is 2.29 bits per heavy atom. The molecule has 2 rings (SSSR count). The van der Waals surface area contributed by atoms with E-state index in [1.165, 1.54) is 10.2 Å². The van der Waals surface area contributed by atoms with Crippen LogP contribution in [0.2, 0.25) is 0 Å². The molecule has 0 radical (unpaired) electrons. The van der Waals surface area contributed by atoms with Crippen LogP contribution in [0.5, 0.6) is 0 Å². The predicted octanol–water partition coefficient (Wildman–Crippen LogP) is 1.54. The van der Waals surface area contributed by atoms with Gasteiger partial charge < -0.3 is 5.32 Å². The van der Waals surface area contributed by atoms with Gasteiger partial charge in [-0.15, -0.1) is 0 Å². The van der Waals surface area contributed by atoms with Crippen LogP contribution in [0.15, 0.2) is 4.47 Å². The third kappa shape index (κ3) is 2.72. The molecule has 5 heteroatoms. The molecule has 96 valence electrons. The van der Waals surface area contributed by atoms with E-state index in [2.05, 4.69) is 45.1 Å². The Labute approximate surface area is 111 Å². The standard InChI is InChI=1S/C12H21BrN4/c1-4-10-12(13)11(16(3)15-10)8-17-6-5-14-7-9(17)2/h9,14H,4-8H2,1-3H3/t9-/m1/s1. The maximum absolute atomic E-state index is 4.55. The summed E-state index contributed by atoms with van der Waals surface area (Å²) >= 11 is 3.68. The Bertz CT molecular complexity index is 388. The van der Waals surface area contributed by atoms with Crippen LogP contribution in [-0.4, -0.2) is 40.4 Å². The number of piperazine rings is 1. The first kappa shape index (κ1) is 13.1. The van der Waals surface area contributed by atoms with E-state index in [0.29, 0.717) is 6.04 Å². The van der Waals surface area contributed by atoms with Crippen molar-refractivity contribution in [3.63, 3.8) is 0 Å². The molecule has 1 atom stereocenters. The molecule has 1 aromatic rings. The molecule has 0 aromatic carbocycles. The van der Waals surface area contributed by atoms with E-state index in [4.69, 9.17) is 0 Å². The Hall–Kier alpha value is -0.390. The first-order valence-electron chi connectivity index (χ1n) is 6.28. The summed E-state index contributed by atoms with van der Waals surface area (Å²) in [6.45, 7) is 8.67. The van der Waals surface area contributed by atoms with Crippen molar-refractivity contribution in [1.82, 2.24) is 20.0 Å². The number of aryl methyl sites for hydroxylation is 2. The predicted molar refractivity (Wildman–Crippen MR) is 73.0 cm³/mol. The lowest BCUT2D eigenvalue weighted by atomic mass is 10.2. The van der Waals surface area contributed by atoms with Gasteiger partial charge in [-0.1, -0.05) is 6.92 Å². The molecule has 1 fully saturated rings. The topological polar surface area (TPSA) is 33.1 Å². The minimum absolute atomic E-state index is 0.593. The fourth-order valence-electron chi connectivity index (χ4n) is 2.30. The van der Waals surface area contributed by atoms with Gasteiger partial charge >= 0.3 is 0 Å². The van der Waals surface area contributed by atoms with Gasteiger partial charge in [0, 0.05) is 39.3 Å². The van der Waals surface area contributed by atoms with Crippen molar-refractivity contribution in [2.24, 2.45) is 7.05 Å². The molecule has 0 spiro atoms.